The second kappa shape index (κ2) is 8.13. The lowest BCUT2D eigenvalue weighted by Crippen LogP contribution is -2.18. The van der Waals surface area contributed by atoms with Gasteiger partial charge in [-0.05, 0) is 35.0 Å². The van der Waals surface area contributed by atoms with E-state index in [9.17, 15) is 8.42 Å². The summed E-state index contributed by atoms with van der Waals surface area (Å²) in [6, 6.07) is 16.1. The van der Waals surface area contributed by atoms with Gasteiger partial charge in [0.15, 0.2) is 0 Å². The minimum Gasteiger partial charge on any atom is -0.349 e. The van der Waals surface area contributed by atoms with Crippen molar-refractivity contribution in [3.05, 3.63) is 75.1 Å². The molecule has 0 spiro atoms. The Morgan fingerprint density at radius 1 is 0.857 bits per heavy atom. The summed E-state index contributed by atoms with van der Waals surface area (Å²) in [5.41, 5.74) is 0. The van der Waals surface area contributed by atoms with Gasteiger partial charge in [-0.1, -0.05) is 30.3 Å². The molecule has 144 valence electrons. The predicted molar refractivity (Wildman–Crippen MR) is 112 cm³/mol. The molecule has 0 aliphatic rings. The molecule has 7 nitrogen and oxygen atoms in total. The highest BCUT2D eigenvalue weighted by atomic mass is 32.2. The van der Waals surface area contributed by atoms with Crippen LogP contribution in [0, 0.1) is 0 Å². The molecule has 0 radical (unpaired) electrons. The van der Waals surface area contributed by atoms with Gasteiger partial charge in [-0.25, -0.2) is 0 Å². The van der Waals surface area contributed by atoms with E-state index in [-0.39, 0.29) is 16.8 Å². The van der Waals surface area contributed by atoms with Crippen LogP contribution in [0.5, 0.6) is 0 Å². The van der Waals surface area contributed by atoms with E-state index in [1.165, 1.54) is 0 Å². The summed E-state index contributed by atoms with van der Waals surface area (Å²) >= 11 is 3.19. The zero-order valence-corrected chi connectivity index (χ0v) is 17.1. The van der Waals surface area contributed by atoms with Crippen molar-refractivity contribution in [3.63, 3.8) is 0 Å². The number of hydrogen-bond acceptors (Lipinski definition) is 8. The summed E-state index contributed by atoms with van der Waals surface area (Å²) in [6.07, 6.45) is 0. The monoisotopic (exact) mass is 431 g/mol. The Labute approximate surface area is 170 Å². The molecular weight excluding hydrogens is 414 g/mol. The molecule has 3 aromatic heterocycles. The lowest BCUT2D eigenvalue weighted by Gasteiger charge is -2.08. The maximum absolute atomic E-state index is 13.1. The topological polar surface area (TPSA) is 88.9 Å². The normalized spacial score (nSPS) is 11.4. The van der Waals surface area contributed by atoms with E-state index in [1.807, 2.05) is 35.0 Å². The van der Waals surface area contributed by atoms with Crippen molar-refractivity contribution in [2.45, 2.75) is 18.0 Å². The van der Waals surface area contributed by atoms with Crippen molar-refractivity contribution in [1.82, 2.24) is 14.2 Å². The molecule has 0 aliphatic heterocycles. The summed E-state index contributed by atoms with van der Waals surface area (Å²) in [6.45, 7) is 0.989. The van der Waals surface area contributed by atoms with Gasteiger partial charge in [-0.2, -0.15) is 13.4 Å². The van der Waals surface area contributed by atoms with Crippen LogP contribution in [0.1, 0.15) is 9.75 Å². The Kier molecular flexibility index (Phi) is 5.42. The first-order chi connectivity index (χ1) is 13.6. The fraction of sp³-hybridized carbons (Fsp3) is 0.111. The summed E-state index contributed by atoms with van der Waals surface area (Å²) < 4.78 is 27.1. The maximum Gasteiger partial charge on any atom is 0.286 e. The summed E-state index contributed by atoms with van der Waals surface area (Å²) in [5, 5.41) is 14.3. The largest absolute Gasteiger partial charge is 0.349 e. The van der Waals surface area contributed by atoms with Crippen molar-refractivity contribution in [2.75, 3.05) is 10.6 Å². The molecule has 0 amide bonds. The summed E-state index contributed by atoms with van der Waals surface area (Å²) in [7, 11) is -3.87. The van der Waals surface area contributed by atoms with Gasteiger partial charge in [-0.3, -0.25) is 0 Å². The lowest BCUT2D eigenvalue weighted by molar-refractivity contribution is 0.580. The zero-order chi connectivity index (χ0) is 19.4. The van der Waals surface area contributed by atoms with Crippen molar-refractivity contribution < 1.29 is 8.42 Å². The molecular formula is C18H17N5O2S3. The van der Waals surface area contributed by atoms with Crippen LogP contribution in [0.15, 0.2) is 70.3 Å². The van der Waals surface area contributed by atoms with Gasteiger partial charge < -0.3 is 10.6 Å². The van der Waals surface area contributed by atoms with Gasteiger partial charge in [0.2, 0.25) is 11.9 Å². The average Bonchev–Trinajstić information content (AvgIpc) is 3.47. The third kappa shape index (κ3) is 4.08. The van der Waals surface area contributed by atoms with Crippen LogP contribution in [-0.4, -0.2) is 22.6 Å². The van der Waals surface area contributed by atoms with Crippen molar-refractivity contribution in [2.24, 2.45) is 0 Å². The van der Waals surface area contributed by atoms with E-state index >= 15 is 0 Å². The van der Waals surface area contributed by atoms with E-state index in [1.54, 1.807) is 53.0 Å². The number of aromatic nitrogens is 3. The van der Waals surface area contributed by atoms with Gasteiger partial charge in [0.1, 0.15) is 0 Å². The van der Waals surface area contributed by atoms with Crippen LogP contribution in [0.4, 0.5) is 11.9 Å². The highest BCUT2D eigenvalue weighted by molar-refractivity contribution is 7.90. The molecule has 0 aliphatic carbocycles. The third-order valence-corrected chi connectivity index (χ3v) is 7.18. The quantitative estimate of drug-likeness (QED) is 0.440. The minimum atomic E-state index is -3.87. The van der Waals surface area contributed by atoms with Crippen molar-refractivity contribution in [3.8, 4) is 0 Å². The average molecular weight is 432 g/mol. The van der Waals surface area contributed by atoms with E-state index in [4.69, 9.17) is 0 Å². The molecule has 0 unspecified atom stereocenters. The highest BCUT2D eigenvalue weighted by Crippen LogP contribution is 2.21. The van der Waals surface area contributed by atoms with Crippen LogP contribution < -0.4 is 10.6 Å². The number of hydrogen-bond donors (Lipinski definition) is 2. The van der Waals surface area contributed by atoms with Gasteiger partial charge in [0.25, 0.3) is 10.0 Å². The van der Waals surface area contributed by atoms with Gasteiger partial charge in [0, 0.05) is 9.75 Å². The molecule has 4 aromatic rings. The molecule has 3 heterocycles. The molecule has 2 N–H and O–H groups in total. The number of benzene rings is 1. The van der Waals surface area contributed by atoms with E-state index < -0.39 is 10.0 Å². The molecule has 28 heavy (non-hydrogen) atoms. The molecule has 0 fully saturated rings. The van der Waals surface area contributed by atoms with Gasteiger partial charge in [0.05, 0.1) is 18.0 Å². The van der Waals surface area contributed by atoms with Crippen LogP contribution in [0.3, 0.4) is 0 Å². The summed E-state index contributed by atoms with van der Waals surface area (Å²) in [4.78, 5) is 6.69. The Morgan fingerprint density at radius 3 is 2.11 bits per heavy atom. The summed E-state index contributed by atoms with van der Waals surface area (Å²) in [5.74, 6) is 0.424. The SMILES string of the molecule is O=S(=O)(c1ccccc1)n1nc(NCc2cccs2)nc1NCc1cccs1. The van der Waals surface area contributed by atoms with E-state index in [2.05, 4.69) is 20.7 Å². The Morgan fingerprint density at radius 2 is 1.50 bits per heavy atom. The molecule has 10 heteroatoms. The Hall–Kier alpha value is -2.69. The first-order valence-corrected chi connectivity index (χ1v) is 11.6. The van der Waals surface area contributed by atoms with Crippen molar-refractivity contribution >= 4 is 44.6 Å². The standard InChI is InChI=1S/C18H17N5O2S3/c24-28(25,16-8-2-1-3-9-16)23-18(20-13-15-7-5-11-27-15)21-17(22-23)19-12-14-6-4-10-26-14/h1-11H,12-13H2,(H2,19,20,21,22). The first kappa shape index (κ1) is 18.7. The first-order valence-electron chi connectivity index (χ1n) is 8.43. The van der Waals surface area contributed by atoms with Crippen LogP contribution in [0.25, 0.3) is 0 Å². The Balaban J connectivity index is 1.63. The smallest absolute Gasteiger partial charge is 0.286 e. The number of nitrogens with one attached hydrogen (secondary N) is 2. The number of thiophene rings is 2. The third-order valence-electron chi connectivity index (χ3n) is 3.85. The van der Waals surface area contributed by atoms with Crippen LogP contribution >= 0.6 is 22.7 Å². The second-order valence-corrected chi connectivity index (χ2v) is 9.62. The molecule has 0 saturated heterocycles. The molecule has 4 rings (SSSR count). The fourth-order valence-electron chi connectivity index (χ4n) is 2.50. The zero-order valence-electron chi connectivity index (χ0n) is 14.6. The maximum atomic E-state index is 13.1. The molecule has 0 bridgehead atoms. The van der Waals surface area contributed by atoms with Gasteiger partial charge in [-0.15, -0.1) is 31.9 Å². The number of nitrogens with zero attached hydrogens (tertiary/aromatic N) is 3. The fourth-order valence-corrected chi connectivity index (χ4v) is 5.01. The number of rotatable bonds is 8. The van der Waals surface area contributed by atoms with E-state index in [0.29, 0.717) is 13.1 Å². The van der Waals surface area contributed by atoms with E-state index in [0.717, 1.165) is 13.8 Å². The Bertz CT molecular complexity index is 1120. The predicted octanol–water partition coefficient (Wildman–Crippen LogP) is 3.86. The number of anilines is 2. The van der Waals surface area contributed by atoms with Gasteiger partial charge >= 0.3 is 0 Å². The molecule has 0 atom stereocenters. The second-order valence-electron chi connectivity index (χ2n) is 5.79. The van der Waals surface area contributed by atoms with Crippen LogP contribution in [0.2, 0.25) is 0 Å². The lowest BCUT2D eigenvalue weighted by atomic mass is 10.4. The minimum absolute atomic E-state index is 0.156. The molecule has 1 aromatic carbocycles. The highest BCUT2D eigenvalue weighted by Gasteiger charge is 2.24. The molecule has 0 saturated carbocycles. The van der Waals surface area contributed by atoms with Crippen molar-refractivity contribution in [1.29, 1.82) is 0 Å². The van der Waals surface area contributed by atoms with Crippen LogP contribution in [-0.2, 0) is 23.1 Å².